The molecule has 0 bridgehead atoms. The summed E-state index contributed by atoms with van der Waals surface area (Å²) in [4.78, 5) is 8.94. The van der Waals surface area contributed by atoms with Gasteiger partial charge in [0.25, 0.3) is 0 Å². The zero-order valence-corrected chi connectivity index (χ0v) is 10.7. The lowest BCUT2D eigenvalue weighted by Crippen LogP contribution is -2.46. The highest BCUT2D eigenvalue weighted by molar-refractivity contribution is 5.87. The van der Waals surface area contributed by atoms with Crippen molar-refractivity contribution in [3.05, 3.63) is 18.5 Å². The van der Waals surface area contributed by atoms with Crippen LogP contribution in [0.3, 0.4) is 0 Å². The second kappa shape index (κ2) is 4.94. The zero-order chi connectivity index (χ0) is 12.4. The van der Waals surface area contributed by atoms with Crippen LogP contribution < -0.4 is 4.90 Å². The van der Waals surface area contributed by atoms with Crippen LogP contribution in [0.4, 0.5) is 5.82 Å². The van der Waals surface area contributed by atoms with Gasteiger partial charge in [-0.15, -0.1) is 0 Å². The highest BCUT2D eigenvalue weighted by atomic mass is 16.5. The van der Waals surface area contributed by atoms with Crippen molar-refractivity contribution in [1.29, 1.82) is 0 Å². The van der Waals surface area contributed by atoms with E-state index in [1.165, 1.54) is 13.0 Å². The number of aromatic nitrogens is 2. The number of hydrogen-bond acceptors (Lipinski definition) is 5. The summed E-state index contributed by atoms with van der Waals surface area (Å²) in [6, 6.07) is 1.86. The van der Waals surface area contributed by atoms with E-state index < -0.39 is 0 Å². The van der Waals surface area contributed by atoms with Gasteiger partial charge in [0.2, 0.25) is 0 Å². The third-order valence-corrected chi connectivity index (χ3v) is 3.46. The van der Waals surface area contributed by atoms with Gasteiger partial charge >= 0.3 is 0 Å². The van der Waals surface area contributed by atoms with Crippen LogP contribution in [0.5, 0.6) is 0 Å². The summed E-state index contributed by atoms with van der Waals surface area (Å²) < 4.78 is 5.33. The topological polar surface area (TPSA) is 45.4 Å². The van der Waals surface area contributed by atoms with Gasteiger partial charge in [-0.3, -0.25) is 9.88 Å². The summed E-state index contributed by atoms with van der Waals surface area (Å²) in [5.41, 5.74) is 0.816. The number of hydrogen-bond donors (Lipinski definition) is 0. The SMILES string of the molecule is CCCN1CCN(c2noc3ccncc23)CC1. The molecule has 18 heavy (non-hydrogen) atoms. The molecule has 96 valence electrons. The normalized spacial score (nSPS) is 17.5. The molecule has 1 aliphatic rings. The average molecular weight is 246 g/mol. The van der Waals surface area contributed by atoms with Crippen LogP contribution in [0, 0.1) is 0 Å². The van der Waals surface area contributed by atoms with Crippen molar-refractivity contribution in [2.75, 3.05) is 37.6 Å². The monoisotopic (exact) mass is 246 g/mol. The molecule has 0 saturated carbocycles. The van der Waals surface area contributed by atoms with Gasteiger partial charge in [-0.2, -0.15) is 0 Å². The molecule has 5 heteroatoms. The van der Waals surface area contributed by atoms with E-state index in [1.807, 2.05) is 12.3 Å². The Balaban J connectivity index is 1.76. The van der Waals surface area contributed by atoms with Crippen LogP contribution in [-0.2, 0) is 0 Å². The van der Waals surface area contributed by atoms with Crippen molar-refractivity contribution < 1.29 is 4.52 Å². The van der Waals surface area contributed by atoms with Crippen LogP contribution >= 0.6 is 0 Å². The summed E-state index contributed by atoms with van der Waals surface area (Å²) in [6.07, 6.45) is 4.78. The van der Waals surface area contributed by atoms with Gasteiger partial charge in [-0.05, 0) is 13.0 Å². The van der Waals surface area contributed by atoms with Crippen molar-refractivity contribution >= 4 is 16.8 Å². The zero-order valence-electron chi connectivity index (χ0n) is 10.7. The molecule has 1 aliphatic heterocycles. The summed E-state index contributed by atoms with van der Waals surface area (Å²) in [5.74, 6) is 0.939. The number of pyridine rings is 1. The van der Waals surface area contributed by atoms with Crippen molar-refractivity contribution in [3.8, 4) is 0 Å². The predicted molar refractivity (Wildman–Crippen MR) is 70.7 cm³/mol. The van der Waals surface area contributed by atoms with E-state index >= 15 is 0 Å². The smallest absolute Gasteiger partial charge is 0.181 e. The number of fused-ring (bicyclic) bond motifs is 1. The summed E-state index contributed by atoms with van der Waals surface area (Å²) >= 11 is 0. The molecule has 2 aromatic heterocycles. The first-order chi connectivity index (χ1) is 8.88. The Morgan fingerprint density at radius 2 is 2.11 bits per heavy atom. The number of anilines is 1. The van der Waals surface area contributed by atoms with Crippen molar-refractivity contribution in [2.45, 2.75) is 13.3 Å². The highest BCUT2D eigenvalue weighted by Crippen LogP contribution is 2.25. The third kappa shape index (κ3) is 2.06. The largest absolute Gasteiger partial charge is 0.354 e. The molecule has 0 radical (unpaired) electrons. The van der Waals surface area contributed by atoms with Crippen molar-refractivity contribution in [1.82, 2.24) is 15.0 Å². The van der Waals surface area contributed by atoms with E-state index in [2.05, 4.69) is 26.9 Å². The fourth-order valence-corrected chi connectivity index (χ4v) is 2.50. The molecule has 0 unspecified atom stereocenters. The molecule has 1 saturated heterocycles. The first-order valence-corrected chi connectivity index (χ1v) is 6.55. The standard InChI is InChI=1S/C13H18N4O/c1-2-5-16-6-8-17(9-7-16)13-11-10-14-4-3-12(11)18-15-13/h3-4,10H,2,5-9H2,1H3. The Hall–Kier alpha value is -1.62. The minimum absolute atomic E-state index is 0.816. The van der Waals surface area contributed by atoms with Gasteiger partial charge in [0, 0.05) is 44.6 Å². The molecule has 0 atom stereocenters. The van der Waals surface area contributed by atoms with Crippen molar-refractivity contribution in [3.63, 3.8) is 0 Å². The van der Waals surface area contributed by atoms with Gasteiger partial charge in [0.05, 0.1) is 5.39 Å². The maximum Gasteiger partial charge on any atom is 0.181 e. The van der Waals surface area contributed by atoms with Crippen LogP contribution in [0.2, 0.25) is 0 Å². The Bertz CT molecular complexity index is 516. The molecule has 2 aromatic rings. The van der Waals surface area contributed by atoms with E-state index in [-0.39, 0.29) is 0 Å². The quantitative estimate of drug-likeness (QED) is 0.825. The van der Waals surface area contributed by atoms with Gasteiger partial charge in [-0.1, -0.05) is 12.1 Å². The van der Waals surface area contributed by atoms with Gasteiger partial charge in [0.1, 0.15) is 0 Å². The van der Waals surface area contributed by atoms with Crippen LogP contribution in [0.15, 0.2) is 23.0 Å². The Morgan fingerprint density at radius 3 is 2.89 bits per heavy atom. The van der Waals surface area contributed by atoms with E-state index in [0.29, 0.717) is 0 Å². The number of rotatable bonds is 3. The molecular formula is C13H18N4O. The second-order valence-corrected chi connectivity index (χ2v) is 4.71. The third-order valence-electron chi connectivity index (χ3n) is 3.46. The molecule has 0 aromatic carbocycles. The maximum absolute atomic E-state index is 5.33. The Labute approximate surface area is 106 Å². The van der Waals surface area contributed by atoms with Crippen molar-refractivity contribution in [2.24, 2.45) is 0 Å². The van der Waals surface area contributed by atoms with E-state index in [1.54, 1.807) is 6.20 Å². The molecule has 0 aliphatic carbocycles. The van der Waals surface area contributed by atoms with E-state index in [0.717, 1.165) is 43.0 Å². The molecule has 1 fully saturated rings. The van der Waals surface area contributed by atoms with Crippen LogP contribution in [0.25, 0.3) is 11.0 Å². The van der Waals surface area contributed by atoms with E-state index in [4.69, 9.17) is 4.52 Å². The second-order valence-electron chi connectivity index (χ2n) is 4.71. The maximum atomic E-state index is 5.33. The summed E-state index contributed by atoms with van der Waals surface area (Å²) in [5, 5.41) is 5.20. The van der Waals surface area contributed by atoms with Gasteiger partial charge in [0.15, 0.2) is 11.4 Å². The van der Waals surface area contributed by atoms with Gasteiger partial charge in [-0.25, -0.2) is 0 Å². The highest BCUT2D eigenvalue weighted by Gasteiger charge is 2.20. The molecule has 0 spiro atoms. The van der Waals surface area contributed by atoms with Crippen LogP contribution in [0.1, 0.15) is 13.3 Å². The lowest BCUT2D eigenvalue weighted by Gasteiger charge is -2.34. The minimum Gasteiger partial charge on any atom is -0.354 e. The first kappa shape index (κ1) is 11.5. The summed E-state index contributed by atoms with van der Waals surface area (Å²) in [6.45, 7) is 7.64. The van der Waals surface area contributed by atoms with E-state index in [9.17, 15) is 0 Å². The number of piperazine rings is 1. The lowest BCUT2D eigenvalue weighted by atomic mass is 10.2. The fraction of sp³-hybridized carbons (Fsp3) is 0.538. The molecule has 3 heterocycles. The Kier molecular flexibility index (Phi) is 3.15. The summed E-state index contributed by atoms with van der Waals surface area (Å²) in [7, 11) is 0. The van der Waals surface area contributed by atoms with Crippen LogP contribution in [-0.4, -0.2) is 47.8 Å². The molecule has 0 N–H and O–H groups in total. The van der Waals surface area contributed by atoms with Gasteiger partial charge < -0.3 is 9.42 Å². The molecule has 0 amide bonds. The lowest BCUT2D eigenvalue weighted by molar-refractivity contribution is 0.257. The Morgan fingerprint density at radius 1 is 1.28 bits per heavy atom. The predicted octanol–water partition coefficient (Wildman–Crippen LogP) is 1.75. The average Bonchev–Trinajstić information content (AvgIpc) is 2.84. The number of nitrogens with zero attached hydrogens (tertiary/aromatic N) is 4. The first-order valence-electron chi connectivity index (χ1n) is 6.55. The minimum atomic E-state index is 0.816. The molecule has 3 rings (SSSR count). The molecular weight excluding hydrogens is 228 g/mol. The fourth-order valence-electron chi connectivity index (χ4n) is 2.50. The molecule has 5 nitrogen and oxygen atoms in total.